The van der Waals surface area contributed by atoms with Gasteiger partial charge in [0, 0.05) is 10.0 Å². The molecular formula is C15H11BrO. The summed E-state index contributed by atoms with van der Waals surface area (Å²) in [6.07, 6.45) is -0.747. The highest BCUT2D eigenvalue weighted by Crippen LogP contribution is 2.16. The van der Waals surface area contributed by atoms with Crippen LogP contribution in [-0.2, 0) is 0 Å². The monoisotopic (exact) mass is 286 g/mol. The van der Waals surface area contributed by atoms with E-state index in [0.717, 1.165) is 15.6 Å². The lowest BCUT2D eigenvalue weighted by molar-refractivity contribution is 0.238. The van der Waals surface area contributed by atoms with Crippen LogP contribution in [0.3, 0.4) is 0 Å². The number of rotatable bonds is 1. The van der Waals surface area contributed by atoms with Gasteiger partial charge in [-0.1, -0.05) is 58.1 Å². The fourth-order valence-electron chi connectivity index (χ4n) is 1.40. The van der Waals surface area contributed by atoms with Crippen molar-refractivity contribution in [1.29, 1.82) is 0 Å². The minimum absolute atomic E-state index is 0.747. The summed E-state index contributed by atoms with van der Waals surface area (Å²) >= 11 is 3.35. The summed E-state index contributed by atoms with van der Waals surface area (Å²) in [6.45, 7) is 0. The predicted molar refractivity (Wildman–Crippen MR) is 72.4 cm³/mol. The first-order valence-corrected chi connectivity index (χ1v) is 6.05. The van der Waals surface area contributed by atoms with Gasteiger partial charge in [0.15, 0.2) is 0 Å². The van der Waals surface area contributed by atoms with Crippen LogP contribution in [-0.4, -0.2) is 5.11 Å². The van der Waals surface area contributed by atoms with E-state index in [4.69, 9.17) is 0 Å². The number of aliphatic hydroxyl groups is 1. The van der Waals surface area contributed by atoms with Gasteiger partial charge in [-0.3, -0.25) is 0 Å². The molecule has 0 heterocycles. The number of aliphatic hydroxyl groups excluding tert-OH is 1. The van der Waals surface area contributed by atoms with E-state index in [1.807, 2.05) is 54.6 Å². The average molecular weight is 287 g/mol. The number of benzene rings is 2. The quantitative estimate of drug-likeness (QED) is 0.795. The first-order chi connectivity index (χ1) is 8.25. The summed E-state index contributed by atoms with van der Waals surface area (Å²) < 4.78 is 0.990. The van der Waals surface area contributed by atoms with E-state index in [-0.39, 0.29) is 0 Å². The molecule has 0 amide bonds. The molecule has 0 aromatic heterocycles. The molecule has 0 aliphatic heterocycles. The van der Waals surface area contributed by atoms with Crippen molar-refractivity contribution in [3.8, 4) is 11.8 Å². The maximum absolute atomic E-state index is 9.88. The highest BCUT2D eigenvalue weighted by molar-refractivity contribution is 9.10. The van der Waals surface area contributed by atoms with Gasteiger partial charge >= 0.3 is 0 Å². The van der Waals surface area contributed by atoms with Crippen LogP contribution in [0.1, 0.15) is 17.2 Å². The van der Waals surface area contributed by atoms with Crippen LogP contribution in [0.5, 0.6) is 0 Å². The Kier molecular flexibility index (Phi) is 3.98. The molecule has 2 aromatic rings. The highest BCUT2D eigenvalue weighted by atomic mass is 79.9. The Morgan fingerprint density at radius 3 is 2.24 bits per heavy atom. The van der Waals surface area contributed by atoms with Crippen LogP contribution in [0.4, 0.5) is 0 Å². The fourth-order valence-corrected chi connectivity index (χ4v) is 1.67. The molecule has 0 saturated carbocycles. The minimum Gasteiger partial charge on any atom is -0.376 e. The van der Waals surface area contributed by atoms with E-state index in [2.05, 4.69) is 27.8 Å². The maximum atomic E-state index is 9.88. The summed E-state index contributed by atoms with van der Waals surface area (Å²) in [4.78, 5) is 0. The highest BCUT2D eigenvalue weighted by Gasteiger charge is 2.02. The first kappa shape index (κ1) is 11.9. The zero-order valence-electron chi connectivity index (χ0n) is 9.10. The summed E-state index contributed by atoms with van der Waals surface area (Å²) in [5.74, 6) is 5.77. The lowest BCUT2D eigenvalue weighted by atomic mass is 10.1. The van der Waals surface area contributed by atoms with Gasteiger partial charge in [-0.15, -0.1) is 0 Å². The summed E-state index contributed by atoms with van der Waals surface area (Å²) in [5.41, 5.74) is 1.71. The van der Waals surface area contributed by atoms with Crippen molar-refractivity contribution in [3.63, 3.8) is 0 Å². The molecule has 0 fully saturated rings. The van der Waals surface area contributed by atoms with Crippen LogP contribution in [0.25, 0.3) is 0 Å². The van der Waals surface area contributed by atoms with E-state index in [1.54, 1.807) is 0 Å². The van der Waals surface area contributed by atoms with Crippen molar-refractivity contribution in [1.82, 2.24) is 0 Å². The standard InChI is InChI=1S/C15H11BrO/c16-14-9-7-13(8-10-14)15(17)11-6-12-4-2-1-3-5-12/h1-5,7-10,15,17H/t15-/m1/s1. The molecule has 17 heavy (non-hydrogen) atoms. The third-order valence-corrected chi connectivity index (χ3v) is 2.84. The first-order valence-electron chi connectivity index (χ1n) is 5.26. The Labute approximate surface area is 109 Å². The fraction of sp³-hybridized carbons (Fsp3) is 0.0667. The van der Waals surface area contributed by atoms with Crippen molar-refractivity contribution in [2.24, 2.45) is 0 Å². The van der Waals surface area contributed by atoms with Gasteiger partial charge in [0.1, 0.15) is 6.10 Å². The van der Waals surface area contributed by atoms with Gasteiger partial charge in [0.05, 0.1) is 0 Å². The molecule has 0 bridgehead atoms. The van der Waals surface area contributed by atoms with E-state index in [9.17, 15) is 5.11 Å². The Bertz CT molecular complexity index is 535. The van der Waals surface area contributed by atoms with E-state index in [1.165, 1.54) is 0 Å². The predicted octanol–water partition coefficient (Wildman–Crippen LogP) is 3.53. The van der Waals surface area contributed by atoms with Gasteiger partial charge < -0.3 is 5.11 Å². The molecule has 2 rings (SSSR count). The van der Waals surface area contributed by atoms with Gasteiger partial charge in [-0.2, -0.15) is 0 Å². The molecule has 1 atom stereocenters. The third-order valence-electron chi connectivity index (χ3n) is 2.31. The van der Waals surface area contributed by atoms with E-state index < -0.39 is 6.10 Å². The van der Waals surface area contributed by atoms with Crippen LogP contribution >= 0.6 is 15.9 Å². The van der Waals surface area contributed by atoms with E-state index in [0.29, 0.717) is 0 Å². The van der Waals surface area contributed by atoms with Gasteiger partial charge in [0.2, 0.25) is 0 Å². The number of hydrogen-bond acceptors (Lipinski definition) is 1. The maximum Gasteiger partial charge on any atom is 0.140 e. The summed E-state index contributed by atoms with van der Waals surface area (Å²) in [6, 6.07) is 17.1. The molecule has 2 heteroatoms. The van der Waals surface area contributed by atoms with E-state index >= 15 is 0 Å². The van der Waals surface area contributed by atoms with Crippen molar-refractivity contribution >= 4 is 15.9 Å². The summed E-state index contributed by atoms with van der Waals surface area (Å²) in [7, 11) is 0. The van der Waals surface area contributed by atoms with Gasteiger partial charge in [-0.25, -0.2) is 0 Å². The van der Waals surface area contributed by atoms with Crippen LogP contribution in [0, 0.1) is 11.8 Å². The summed E-state index contributed by atoms with van der Waals surface area (Å²) in [5, 5.41) is 9.88. The van der Waals surface area contributed by atoms with Crippen LogP contribution < -0.4 is 0 Å². The molecule has 0 spiro atoms. The van der Waals surface area contributed by atoms with Crippen molar-refractivity contribution < 1.29 is 5.11 Å². The minimum atomic E-state index is -0.747. The molecule has 0 aliphatic carbocycles. The topological polar surface area (TPSA) is 20.2 Å². The Morgan fingerprint density at radius 2 is 1.59 bits per heavy atom. The lowest BCUT2D eigenvalue weighted by Gasteiger charge is -2.02. The SMILES string of the molecule is O[C@H](C#Cc1ccccc1)c1ccc(Br)cc1. The second-order valence-corrected chi connectivity index (χ2v) is 4.51. The Hall–Kier alpha value is -1.56. The van der Waals surface area contributed by atoms with Crippen molar-refractivity contribution in [3.05, 3.63) is 70.2 Å². The third kappa shape index (κ3) is 3.45. The van der Waals surface area contributed by atoms with Gasteiger partial charge in [-0.05, 0) is 29.8 Å². The second kappa shape index (κ2) is 5.67. The molecule has 84 valence electrons. The number of halogens is 1. The molecule has 0 saturated heterocycles. The van der Waals surface area contributed by atoms with Crippen molar-refractivity contribution in [2.75, 3.05) is 0 Å². The molecule has 0 radical (unpaired) electrons. The molecule has 1 nitrogen and oxygen atoms in total. The van der Waals surface area contributed by atoms with Crippen LogP contribution in [0.15, 0.2) is 59.1 Å². The molecule has 0 unspecified atom stereocenters. The van der Waals surface area contributed by atoms with Crippen LogP contribution in [0.2, 0.25) is 0 Å². The zero-order chi connectivity index (χ0) is 12.1. The largest absolute Gasteiger partial charge is 0.376 e. The molecular weight excluding hydrogens is 276 g/mol. The molecule has 2 aromatic carbocycles. The number of hydrogen-bond donors (Lipinski definition) is 1. The lowest BCUT2D eigenvalue weighted by Crippen LogP contribution is -1.92. The normalized spacial score (nSPS) is 11.4. The van der Waals surface area contributed by atoms with Gasteiger partial charge in [0.25, 0.3) is 0 Å². The Balaban J connectivity index is 2.15. The average Bonchev–Trinajstić information content (AvgIpc) is 2.38. The zero-order valence-corrected chi connectivity index (χ0v) is 10.7. The Morgan fingerprint density at radius 1 is 0.941 bits per heavy atom. The smallest absolute Gasteiger partial charge is 0.140 e. The molecule has 0 aliphatic rings. The second-order valence-electron chi connectivity index (χ2n) is 3.59. The molecule has 1 N–H and O–H groups in total. The van der Waals surface area contributed by atoms with Crippen molar-refractivity contribution in [2.45, 2.75) is 6.10 Å².